The summed E-state index contributed by atoms with van der Waals surface area (Å²) in [7, 11) is 0. The third-order valence-corrected chi connectivity index (χ3v) is 2.85. The van der Waals surface area contributed by atoms with E-state index in [-0.39, 0.29) is 30.6 Å². The van der Waals surface area contributed by atoms with Gasteiger partial charge in [0.2, 0.25) is 0 Å². The minimum Gasteiger partial charge on any atom is -0.458 e. The first kappa shape index (κ1) is 31.5. The summed E-state index contributed by atoms with van der Waals surface area (Å²) < 4.78 is 14.4. The minimum absolute atomic E-state index is 0.232. The third-order valence-electron chi connectivity index (χ3n) is 2.85. The van der Waals surface area contributed by atoms with Gasteiger partial charge in [0.1, 0.15) is 18.3 Å². The van der Waals surface area contributed by atoms with Crippen LogP contribution in [0.2, 0.25) is 0 Å². The topological polar surface area (TPSA) is 78.9 Å². The minimum atomic E-state index is -0.601. The van der Waals surface area contributed by atoms with Crippen molar-refractivity contribution in [2.45, 2.75) is 53.2 Å². The van der Waals surface area contributed by atoms with Gasteiger partial charge in [-0.2, -0.15) is 0 Å². The number of carbonyl (C=O) groups excluding carboxylic acids is 3. The predicted molar refractivity (Wildman–Crippen MR) is 122 cm³/mol. The summed E-state index contributed by atoms with van der Waals surface area (Å²) in [5.41, 5.74) is 0.626. The molecule has 0 saturated heterocycles. The molecule has 0 aliphatic rings. The van der Waals surface area contributed by atoms with Crippen LogP contribution in [-0.4, -0.2) is 36.2 Å². The number of rotatable bonds is 9. The van der Waals surface area contributed by atoms with Gasteiger partial charge in [-0.05, 0) is 47.6 Å². The molecule has 1 atom stereocenters. The van der Waals surface area contributed by atoms with Gasteiger partial charge in [-0.15, -0.1) is 0 Å². The van der Waals surface area contributed by atoms with Gasteiger partial charge in [-0.3, -0.25) is 0 Å². The van der Waals surface area contributed by atoms with Crippen molar-refractivity contribution in [2.75, 3.05) is 6.61 Å². The molecule has 0 rings (SSSR count). The van der Waals surface area contributed by atoms with E-state index in [1.807, 2.05) is 0 Å². The average molecular weight is 421 g/mol. The van der Waals surface area contributed by atoms with E-state index in [0.29, 0.717) is 16.7 Å². The summed E-state index contributed by atoms with van der Waals surface area (Å²) in [5.74, 6) is -1.11. The van der Waals surface area contributed by atoms with Gasteiger partial charge in [-0.25, -0.2) is 14.4 Å². The molecule has 0 spiro atoms. The fraction of sp³-hybridized carbons (Fsp3) is 0.375. The molecule has 0 aromatic heterocycles. The van der Waals surface area contributed by atoms with Crippen LogP contribution in [0, 0.1) is 0 Å². The van der Waals surface area contributed by atoms with Gasteiger partial charge in [0.25, 0.3) is 0 Å². The molecular formula is C24H36O6. The molecule has 168 valence electrons. The van der Waals surface area contributed by atoms with E-state index in [0.717, 1.165) is 0 Å². The van der Waals surface area contributed by atoms with Crippen molar-refractivity contribution < 1.29 is 28.6 Å². The molecule has 0 fully saturated rings. The van der Waals surface area contributed by atoms with Crippen LogP contribution < -0.4 is 0 Å². The lowest BCUT2D eigenvalue weighted by atomic mass is 10.1. The second-order valence-corrected chi connectivity index (χ2v) is 6.77. The highest BCUT2D eigenvalue weighted by Gasteiger charge is 2.18. The summed E-state index contributed by atoms with van der Waals surface area (Å²) >= 11 is 0. The lowest BCUT2D eigenvalue weighted by Gasteiger charge is -2.20. The van der Waals surface area contributed by atoms with Crippen molar-refractivity contribution in [1.82, 2.24) is 0 Å². The number of esters is 3. The van der Waals surface area contributed by atoms with Gasteiger partial charge in [0, 0.05) is 16.7 Å². The quantitative estimate of drug-likeness (QED) is 0.225. The van der Waals surface area contributed by atoms with Gasteiger partial charge in [0.15, 0.2) is 0 Å². The Morgan fingerprint density at radius 3 is 1.60 bits per heavy atom. The number of hydrogen-bond donors (Lipinski definition) is 0. The molecule has 0 radical (unpaired) electrons. The summed E-state index contributed by atoms with van der Waals surface area (Å²) in [6, 6.07) is 0. The Morgan fingerprint density at radius 2 is 1.30 bits per heavy atom. The zero-order chi connectivity index (χ0) is 24.5. The molecule has 0 aliphatic carbocycles. The average Bonchev–Trinajstić information content (AvgIpc) is 2.66. The number of ether oxygens (including phenoxy) is 3. The maximum atomic E-state index is 10.9. The van der Waals surface area contributed by atoms with Crippen LogP contribution in [0.5, 0.6) is 0 Å². The van der Waals surface area contributed by atoms with Crippen molar-refractivity contribution in [3.8, 4) is 0 Å². The van der Waals surface area contributed by atoms with Crippen LogP contribution in [0.3, 0.4) is 0 Å². The summed E-state index contributed by atoms with van der Waals surface area (Å²) in [6.45, 7) is 31.0. The van der Waals surface area contributed by atoms with E-state index in [4.69, 9.17) is 9.47 Å². The van der Waals surface area contributed by atoms with E-state index >= 15 is 0 Å². The molecule has 0 aliphatic heterocycles. The van der Waals surface area contributed by atoms with E-state index in [1.165, 1.54) is 6.08 Å². The Hall–Kier alpha value is -3.15. The Morgan fingerprint density at radius 1 is 0.867 bits per heavy atom. The van der Waals surface area contributed by atoms with Crippen LogP contribution >= 0.6 is 0 Å². The molecule has 0 bridgehead atoms. The van der Waals surface area contributed by atoms with E-state index in [2.05, 4.69) is 44.2 Å². The first-order chi connectivity index (χ1) is 13.6. The Kier molecular flexibility index (Phi) is 17.6. The van der Waals surface area contributed by atoms with E-state index < -0.39 is 5.60 Å². The van der Waals surface area contributed by atoms with Crippen LogP contribution in [0.1, 0.15) is 41.5 Å². The lowest BCUT2D eigenvalue weighted by molar-refractivity contribution is -0.147. The van der Waals surface area contributed by atoms with Crippen molar-refractivity contribution >= 4 is 17.9 Å². The maximum Gasteiger partial charge on any atom is 0.333 e. The molecule has 6 nitrogen and oxygen atoms in total. The molecule has 6 heteroatoms. The van der Waals surface area contributed by atoms with Crippen molar-refractivity contribution in [3.05, 3.63) is 74.4 Å². The smallest absolute Gasteiger partial charge is 0.333 e. The van der Waals surface area contributed by atoms with Crippen molar-refractivity contribution in [2.24, 2.45) is 0 Å². The lowest BCUT2D eigenvalue weighted by Crippen LogP contribution is -2.25. The Bertz CT molecular complexity index is 667. The zero-order valence-electron chi connectivity index (χ0n) is 19.2. The number of carbonyl (C=O) groups is 3. The highest BCUT2D eigenvalue weighted by atomic mass is 16.6. The fourth-order valence-corrected chi connectivity index (χ4v) is 0.943. The van der Waals surface area contributed by atoms with E-state index in [9.17, 15) is 14.4 Å². The molecule has 30 heavy (non-hydrogen) atoms. The molecule has 0 saturated carbocycles. The summed E-state index contributed by atoms with van der Waals surface area (Å²) in [4.78, 5) is 32.2. The van der Waals surface area contributed by atoms with Crippen LogP contribution in [0.25, 0.3) is 0 Å². The van der Waals surface area contributed by atoms with Gasteiger partial charge in [-0.1, -0.05) is 51.6 Å². The highest BCUT2D eigenvalue weighted by molar-refractivity contribution is 5.87. The molecule has 0 heterocycles. The summed E-state index contributed by atoms with van der Waals surface area (Å²) in [6.07, 6.45) is 4.42. The molecule has 0 amide bonds. The molecule has 0 N–H and O–H groups in total. The fourth-order valence-electron chi connectivity index (χ4n) is 0.943. The van der Waals surface area contributed by atoms with Gasteiger partial charge >= 0.3 is 17.9 Å². The standard InChI is InChI=1S/C9H14O2.C8H12O2.C7H10O2/c1-6-9(4,5)11-8(10)7(2)3;1-5-7(4)10-8(9)6(2)3;1-4-5-9-7(8)6(2)3/h6H,1-2H2,3-5H3;5,7H,1-2H2,3-4H3;4H,1-2,5H2,3H3. The molecule has 0 aromatic carbocycles. The Labute approximate surface area is 181 Å². The second-order valence-electron chi connectivity index (χ2n) is 6.77. The van der Waals surface area contributed by atoms with E-state index in [1.54, 1.807) is 53.7 Å². The SMILES string of the molecule is C=CC(C)(C)OC(=O)C(=C)C.C=CC(C)OC(=O)C(=C)C.C=CCOC(=O)C(=C)C. The maximum absolute atomic E-state index is 10.9. The monoisotopic (exact) mass is 420 g/mol. The number of hydrogen-bond acceptors (Lipinski definition) is 6. The van der Waals surface area contributed by atoms with Crippen molar-refractivity contribution in [3.63, 3.8) is 0 Å². The normalized spacial score (nSPS) is 10.2. The van der Waals surface area contributed by atoms with Gasteiger partial charge < -0.3 is 14.2 Å². The molecule has 1 unspecified atom stereocenters. The van der Waals surface area contributed by atoms with Crippen LogP contribution in [0.4, 0.5) is 0 Å². The first-order valence-electron chi connectivity index (χ1n) is 9.10. The van der Waals surface area contributed by atoms with Crippen LogP contribution in [-0.2, 0) is 28.6 Å². The predicted octanol–water partition coefficient (Wildman–Crippen LogP) is 5.04. The van der Waals surface area contributed by atoms with Crippen LogP contribution in [0.15, 0.2) is 74.4 Å². The van der Waals surface area contributed by atoms with Crippen molar-refractivity contribution in [1.29, 1.82) is 0 Å². The largest absolute Gasteiger partial charge is 0.458 e. The second kappa shape index (κ2) is 16.8. The highest BCUT2D eigenvalue weighted by Crippen LogP contribution is 2.11. The molecular weight excluding hydrogens is 384 g/mol. The summed E-state index contributed by atoms with van der Waals surface area (Å²) in [5, 5.41) is 0. The third kappa shape index (κ3) is 19.6. The van der Waals surface area contributed by atoms with Gasteiger partial charge in [0.05, 0.1) is 0 Å². The molecule has 0 aromatic rings. The zero-order valence-corrected chi connectivity index (χ0v) is 19.2. The Balaban J connectivity index is -0.000000366. The first-order valence-corrected chi connectivity index (χ1v) is 9.10.